The maximum absolute atomic E-state index is 13.6. The van der Waals surface area contributed by atoms with Gasteiger partial charge in [-0.15, -0.1) is 0 Å². The van der Waals surface area contributed by atoms with Gasteiger partial charge in [-0.25, -0.2) is 9.37 Å². The Balaban J connectivity index is 1.97. The van der Waals surface area contributed by atoms with E-state index in [1.165, 1.54) is 13.2 Å². The molecule has 0 N–H and O–H groups in total. The lowest BCUT2D eigenvalue weighted by Crippen LogP contribution is -2.21. The molecule has 1 heterocycles. The van der Waals surface area contributed by atoms with E-state index in [-0.39, 0.29) is 11.6 Å². The van der Waals surface area contributed by atoms with Gasteiger partial charge in [0, 0.05) is 24.3 Å². The van der Waals surface area contributed by atoms with Crippen LogP contribution in [0.15, 0.2) is 41.0 Å². The molecule has 0 amide bonds. The number of hydrogen-bond acceptors (Lipinski definition) is 3. The highest BCUT2D eigenvalue weighted by Gasteiger charge is 2.06. The predicted molar refractivity (Wildman–Crippen MR) is 81.9 cm³/mol. The van der Waals surface area contributed by atoms with Crippen LogP contribution in [-0.4, -0.2) is 25.7 Å². The number of aromatic nitrogens is 1. The fourth-order valence-corrected chi connectivity index (χ4v) is 2.11. The van der Waals surface area contributed by atoms with Gasteiger partial charge in [0.05, 0.1) is 7.11 Å². The van der Waals surface area contributed by atoms with Gasteiger partial charge in [-0.1, -0.05) is 6.07 Å². The van der Waals surface area contributed by atoms with Gasteiger partial charge < -0.3 is 9.64 Å². The zero-order valence-electron chi connectivity index (χ0n) is 11.4. The highest BCUT2D eigenvalue weighted by molar-refractivity contribution is 9.10. The van der Waals surface area contributed by atoms with Crippen molar-refractivity contribution >= 4 is 21.7 Å². The minimum Gasteiger partial charge on any atom is -0.494 e. The first-order chi connectivity index (χ1) is 9.60. The van der Waals surface area contributed by atoms with Crippen LogP contribution in [-0.2, 0) is 6.42 Å². The van der Waals surface area contributed by atoms with Gasteiger partial charge in [-0.05, 0) is 52.2 Å². The minimum atomic E-state index is -0.325. The van der Waals surface area contributed by atoms with Crippen molar-refractivity contribution < 1.29 is 9.13 Å². The third-order valence-electron chi connectivity index (χ3n) is 3.05. The Hall–Kier alpha value is -1.62. The molecule has 0 saturated carbocycles. The first-order valence-corrected chi connectivity index (χ1v) is 7.04. The van der Waals surface area contributed by atoms with Gasteiger partial charge in [0.1, 0.15) is 5.82 Å². The molecule has 0 aliphatic rings. The molecule has 5 heteroatoms. The average molecular weight is 339 g/mol. The number of rotatable bonds is 5. The number of pyridine rings is 1. The van der Waals surface area contributed by atoms with E-state index in [1.54, 1.807) is 12.3 Å². The smallest absolute Gasteiger partial charge is 0.165 e. The van der Waals surface area contributed by atoms with E-state index < -0.39 is 0 Å². The van der Waals surface area contributed by atoms with Gasteiger partial charge in [0.15, 0.2) is 11.6 Å². The van der Waals surface area contributed by atoms with Crippen LogP contribution in [0.2, 0.25) is 0 Å². The zero-order valence-corrected chi connectivity index (χ0v) is 13.0. The molecule has 0 aliphatic heterocycles. The lowest BCUT2D eigenvalue weighted by atomic mass is 10.1. The van der Waals surface area contributed by atoms with E-state index in [9.17, 15) is 4.39 Å². The van der Waals surface area contributed by atoms with Crippen LogP contribution < -0.4 is 9.64 Å². The second kappa shape index (κ2) is 6.70. The average Bonchev–Trinajstić information content (AvgIpc) is 2.45. The lowest BCUT2D eigenvalue weighted by molar-refractivity contribution is 0.386. The number of hydrogen-bond donors (Lipinski definition) is 0. The Labute approximate surface area is 126 Å². The minimum absolute atomic E-state index is 0.275. The number of halogens is 2. The first kappa shape index (κ1) is 14.8. The molecule has 1 aromatic carbocycles. The molecule has 1 aromatic heterocycles. The molecule has 106 valence electrons. The van der Waals surface area contributed by atoms with Gasteiger partial charge in [0.25, 0.3) is 0 Å². The molecule has 0 spiro atoms. The number of methoxy groups -OCH3 is 1. The summed E-state index contributed by atoms with van der Waals surface area (Å²) in [5, 5.41) is 0. The van der Waals surface area contributed by atoms with Crippen molar-refractivity contribution in [3.05, 3.63) is 52.4 Å². The summed E-state index contributed by atoms with van der Waals surface area (Å²) in [5.41, 5.74) is 0.937. The maximum Gasteiger partial charge on any atom is 0.165 e. The van der Waals surface area contributed by atoms with Crippen molar-refractivity contribution in [1.82, 2.24) is 4.98 Å². The van der Waals surface area contributed by atoms with E-state index in [0.29, 0.717) is 0 Å². The van der Waals surface area contributed by atoms with Gasteiger partial charge in [-0.3, -0.25) is 0 Å². The Bertz CT molecular complexity index is 575. The molecule has 0 saturated heterocycles. The highest BCUT2D eigenvalue weighted by Crippen LogP contribution is 2.19. The maximum atomic E-state index is 13.6. The van der Waals surface area contributed by atoms with Gasteiger partial charge in [0.2, 0.25) is 0 Å². The van der Waals surface area contributed by atoms with Crippen molar-refractivity contribution in [2.45, 2.75) is 6.42 Å². The highest BCUT2D eigenvalue weighted by atomic mass is 79.9. The van der Waals surface area contributed by atoms with Gasteiger partial charge >= 0.3 is 0 Å². The van der Waals surface area contributed by atoms with Crippen molar-refractivity contribution in [3.8, 4) is 5.75 Å². The fraction of sp³-hybridized carbons (Fsp3) is 0.267. The Morgan fingerprint density at radius 3 is 2.70 bits per heavy atom. The predicted octanol–water partition coefficient (Wildman–Crippen LogP) is 3.67. The molecule has 3 nitrogen and oxygen atoms in total. The van der Waals surface area contributed by atoms with E-state index in [1.807, 2.05) is 30.1 Å². The molecule has 0 atom stereocenters. The van der Waals surface area contributed by atoms with Gasteiger partial charge in [-0.2, -0.15) is 0 Å². The third-order valence-corrected chi connectivity index (χ3v) is 3.52. The number of ether oxygens (including phenoxy) is 1. The first-order valence-electron chi connectivity index (χ1n) is 6.25. The van der Waals surface area contributed by atoms with Crippen molar-refractivity contribution in [1.29, 1.82) is 0 Å². The molecule has 0 fully saturated rings. The topological polar surface area (TPSA) is 25.4 Å². The Morgan fingerprint density at radius 1 is 1.30 bits per heavy atom. The van der Waals surface area contributed by atoms with Crippen LogP contribution >= 0.6 is 15.9 Å². The fourth-order valence-electron chi connectivity index (χ4n) is 1.87. The van der Waals surface area contributed by atoms with E-state index in [2.05, 4.69) is 20.9 Å². The molecule has 0 radical (unpaired) electrons. The molecule has 0 unspecified atom stereocenters. The summed E-state index contributed by atoms with van der Waals surface area (Å²) in [6.45, 7) is 0.764. The molecular formula is C15H16BrFN2O. The van der Waals surface area contributed by atoms with Crippen LogP contribution in [0.3, 0.4) is 0 Å². The quantitative estimate of drug-likeness (QED) is 0.831. The summed E-state index contributed by atoms with van der Waals surface area (Å²) < 4.78 is 19.4. The number of likely N-dealkylation sites (N-methyl/N-ethyl adjacent to an activating group) is 1. The summed E-state index contributed by atoms with van der Waals surface area (Å²) >= 11 is 3.36. The summed E-state index contributed by atoms with van der Waals surface area (Å²) in [6, 6.07) is 8.94. The number of nitrogens with zero attached hydrogens (tertiary/aromatic N) is 2. The summed E-state index contributed by atoms with van der Waals surface area (Å²) in [5.74, 6) is 0.841. The third kappa shape index (κ3) is 3.70. The second-order valence-electron chi connectivity index (χ2n) is 4.48. The largest absolute Gasteiger partial charge is 0.494 e. The number of anilines is 1. The summed E-state index contributed by atoms with van der Waals surface area (Å²) in [7, 11) is 3.43. The van der Waals surface area contributed by atoms with Crippen LogP contribution in [0.25, 0.3) is 0 Å². The monoisotopic (exact) mass is 338 g/mol. The van der Waals surface area contributed by atoms with Crippen molar-refractivity contribution in [3.63, 3.8) is 0 Å². The van der Waals surface area contributed by atoms with Crippen LogP contribution in [0.5, 0.6) is 5.75 Å². The second-order valence-corrected chi connectivity index (χ2v) is 5.39. The molecule has 0 bridgehead atoms. The van der Waals surface area contributed by atoms with Crippen molar-refractivity contribution in [2.24, 2.45) is 0 Å². The normalized spacial score (nSPS) is 10.4. The van der Waals surface area contributed by atoms with E-state index in [0.717, 1.165) is 28.8 Å². The zero-order chi connectivity index (χ0) is 14.5. The summed E-state index contributed by atoms with van der Waals surface area (Å²) in [6.07, 6.45) is 2.51. The van der Waals surface area contributed by atoms with Crippen LogP contribution in [0, 0.1) is 5.82 Å². The van der Waals surface area contributed by atoms with Crippen LogP contribution in [0.1, 0.15) is 5.56 Å². The SMILES string of the molecule is COc1ccc(CCN(C)c2ccc(Br)cn2)cc1F. The van der Waals surface area contributed by atoms with Crippen molar-refractivity contribution in [2.75, 3.05) is 25.6 Å². The number of benzene rings is 1. The molecule has 2 rings (SSSR count). The molecular weight excluding hydrogens is 323 g/mol. The standard InChI is InChI=1S/C15H16BrFN2O/c1-19(15-6-4-12(16)10-18-15)8-7-11-3-5-14(20-2)13(17)9-11/h3-6,9-10H,7-8H2,1-2H3. The Morgan fingerprint density at radius 2 is 2.10 bits per heavy atom. The Kier molecular flexibility index (Phi) is 4.95. The molecule has 0 aliphatic carbocycles. The van der Waals surface area contributed by atoms with Crippen LogP contribution in [0.4, 0.5) is 10.2 Å². The molecule has 20 heavy (non-hydrogen) atoms. The lowest BCUT2D eigenvalue weighted by Gasteiger charge is -2.18. The summed E-state index contributed by atoms with van der Waals surface area (Å²) in [4.78, 5) is 6.36. The van der Waals surface area contributed by atoms with E-state index >= 15 is 0 Å². The van der Waals surface area contributed by atoms with E-state index in [4.69, 9.17) is 4.74 Å². The molecule has 2 aromatic rings.